The summed E-state index contributed by atoms with van der Waals surface area (Å²) >= 11 is 0. The molecule has 9 nitrogen and oxygen atoms in total. The highest BCUT2D eigenvalue weighted by Crippen LogP contribution is 2.34. The third kappa shape index (κ3) is 7.62. The van der Waals surface area contributed by atoms with Crippen LogP contribution >= 0.6 is 0 Å². The number of aryl methyl sites for hydroxylation is 2. The lowest BCUT2D eigenvalue weighted by Gasteiger charge is -2.29. The lowest BCUT2D eigenvalue weighted by molar-refractivity contribution is -0.115. The van der Waals surface area contributed by atoms with Crippen molar-refractivity contribution in [1.82, 2.24) is 5.32 Å². The number of hydrogen-bond donors (Lipinski definition) is 3. The molecule has 43 heavy (non-hydrogen) atoms. The van der Waals surface area contributed by atoms with Crippen LogP contribution in [-0.4, -0.2) is 35.0 Å². The first-order chi connectivity index (χ1) is 20.7. The van der Waals surface area contributed by atoms with Gasteiger partial charge in [-0.15, -0.1) is 0 Å². The summed E-state index contributed by atoms with van der Waals surface area (Å²) in [4.78, 5) is 36.2. The Morgan fingerprint density at radius 3 is 2.23 bits per heavy atom. The van der Waals surface area contributed by atoms with Gasteiger partial charge in [-0.2, -0.15) is 0 Å². The maximum absolute atomic E-state index is 12.5. The molecular formula is C34H34N2O7. The van der Waals surface area contributed by atoms with Crippen molar-refractivity contribution in [2.75, 3.05) is 5.32 Å². The number of benzene rings is 3. The predicted octanol–water partition coefficient (Wildman–Crippen LogP) is 6.69. The molecular weight excluding hydrogens is 548 g/mol. The maximum Gasteiger partial charge on any atom is 0.337 e. The molecule has 0 aliphatic heterocycles. The van der Waals surface area contributed by atoms with E-state index >= 15 is 0 Å². The molecule has 1 aliphatic carbocycles. The standard InChI is InChI=1S/C34H34N2O7/c1-21-18-27(42-25-15-11-24(12-16-25)35-33(38)30-8-5-17-41-30)19-22(2)32(21)43-26-13-9-23(10-14-26)20-31(37)36-29-7-4-3-6-28(29)34(39)40/h3-10,13-14,17-19,24-25H,11-12,15-16,20H2,1-2H3,(H,35,38)(H,36,37)(H,39,40). The van der Waals surface area contributed by atoms with Crippen LogP contribution in [0.25, 0.3) is 0 Å². The Morgan fingerprint density at radius 1 is 0.884 bits per heavy atom. The summed E-state index contributed by atoms with van der Waals surface area (Å²) in [5, 5.41) is 15.0. The highest BCUT2D eigenvalue weighted by atomic mass is 16.5. The molecule has 1 aromatic heterocycles. The van der Waals surface area contributed by atoms with Crippen LogP contribution in [0.2, 0.25) is 0 Å². The lowest BCUT2D eigenvalue weighted by atomic mass is 9.92. The third-order valence-corrected chi connectivity index (χ3v) is 7.43. The van der Waals surface area contributed by atoms with Gasteiger partial charge in [-0.25, -0.2) is 4.79 Å². The van der Waals surface area contributed by atoms with Gasteiger partial charge in [-0.05, 0) is 105 Å². The number of carbonyl (C=O) groups is 3. The zero-order chi connectivity index (χ0) is 30.3. The van der Waals surface area contributed by atoms with Crippen molar-refractivity contribution in [2.24, 2.45) is 0 Å². The number of carbonyl (C=O) groups excluding carboxylic acids is 2. The van der Waals surface area contributed by atoms with Crippen LogP contribution in [0.15, 0.2) is 83.5 Å². The van der Waals surface area contributed by atoms with Crippen LogP contribution < -0.4 is 20.1 Å². The molecule has 0 atom stereocenters. The number of para-hydroxylation sites is 1. The molecule has 1 heterocycles. The minimum atomic E-state index is -1.10. The number of hydrogen-bond acceptors (Lipinski definition) is 6. The molecule has 1 saturated carbocycles. The normalized spacial score (nSPS) is 16.2. The van der Waals surface area contributed by atoms with Crippen LogP contribution in [-0.2, 0) is 11.2 Å². The molecule has 0 spiro atoms. The van der Waals surface area contributed by atoms with E-state index in [0.717, 1.165) is 53.9 Å². The first kappa shape index (κ1) is 29.4. The number of anilines is 1. The molecule has 4 aromatic rings. The molecule has 0 bridgehead atoms. The molecule has 0 unspecified atom stereocenters. The van der Waals surface area contributed by atoms with Crippen molar-refractivity contribution < 1.29 is 33.4 Å². The van der Waals surface area contributed by atoms with Gasteiger partial charge < -0.3 is 29.6 Å². The Balaban J connectivity index is 1.13. The molecule has 3 aromatic carbocycles. The van der Waals surface area contributed by atoms with Crippen molar-refractivity contribution >= 4 is 23.5 Å². The molecule has 222 valence electrons. The van der Waals surface area contributed by atoms with Gasteiger partial charge in [0.05, 0.1) is 30.0 Å². The second kappa shape index (κ2) is 13.3. The quantitative estimate of drug-likeness (QED) is 0.190. The molecule has 3 N–H and O–H groups in total. The Morgan fingerprint density at radius 2 is 1.58 bits per heavy atom. The monoisotopic (exact) mass is 582 g/mol. The molecule has 1 fully saturated rings. The third-order valence-electron chi connectivity index (χ3n) is 7.43. The minimum absolute atomic E-state index is 0.0428. The lowest BCUT2D eigenvalue weighted by Crippen LogP contribution is -2.39. The fourth-order valence-electron chi connectivity index (χ4n) is 5.27. The van der Waals surface area contributed by atoms with Crippen molar-refractivity contribution in [3.05, 3.63) is 107 Å². The van der Waals surface area contributed by atoms with Crippen molar-refractivity contribution in [3.63, 3.8) is 0 Å². The highest BCUT2D eigenvalue weighted by Gasteiger charge is 2.25. The molecule has 5 rings (SSSR count). The highest BCUT2D eigenvalue weighted by molar-refractivity contribution is 6.01. The summed E-state index contributed by atoms with van der Waals surface area (Å²) < 4.78 is 17.7. The zero-order valence-corrected chi connectivity index (χ0v) is 24.1. The number of ether oxygens (including phenoxy) is 2. The molecule has 0 saturated heterocycles. The van der Waals surface area contributed by atoms with Gasteiger partial charge in [0.25, 0.3) is 5.91 Å². The second-order valence-electron chi connectivity index (χ2n) is 10.8. The van der Waals surface area contributed by atoms with Gasteiger partial charge in [0.2, 0.25) is 5.91 Å². The summed E-state index contributed by atoms with van der Waals surface area (Å²) in [7, 11) is 0. The smallest absolute Gasteiger partial charge is 0.337 e. The predicted molar refractivity (Wildman–Crippen MR) is 161 cm³/mol. The van der Waals surface area contributed by atoms with Crippen LogP contribution in [0, 0.1) is 13.8 Å². The Kier molecular flexibility index (Phi) is 9.10. The van der Waals surface area contributed by atoms with Crippen molar-refractivity contribution in [3.8, 4) is 17.2 Å². The van der Waals surface area contributed by atoms with E-state index in [1.165, 1.54) is 12.3 Å². The number of aromatic carboxylic acids is 1. The Labute approximate surface area is 249 Å². The first-order valence-electron chi connectivity index (χ1n) is 14.3. The van der Waals surface area contributed by atoms with E-state index in [1.807, 2.05) is 38.1 Å². The molecule has 9 heteroatoms. The van der Waals surface area contributed by atoms with Crippen LogP contribution in [0.1, 0.15) is 63.3 Å². The summed E-state index contributed by atoms with van der Waals surface area (Å²) in [6.07, 6.45) is 5.02. The van der Waals surface area contributed by atoms with Gasteiger partial charge in [0, 0.05) is 6.04 Å². The van der Waals surface area contributed by atoms with E-state index < -0.39 is 5.97 Å². The fraction of sp³-hybridized carbons (Fsp3) is 0.265. The molecule has 0 radical (unpaired) electrons. The van der Waals surface area contributed by atoms with E-state index in [9.17, 15) is 19.5 Å². The number of furan rings is 1. The van der Waals surface area contributed by atoms with Gasteiger partial charge in [0.15, 0.2) is 5.76 Å². The average Bonchev–Trinajstić information content (AvgIpc) is 3.53. The summed E-state index contributed by atoms with van der Waals surface area (Å²) in [5.41, 5.74) is 2.96. The Hall–Kier alpha value is -5.05. The topological polar surface area (TPSA) is 127 Å². The van der Waals surface area contributed by atoms with Crippen molar-refractivity contribution in [1.29, 1.82) is 0 Å². The molecule has 2 amide bonds. The zero-order valence-electron chi connectivity index (χ0n) is 24.1. The Bertz CT molecular complexity index is 1560. The van der Waals surface area contributed by atoms with E-state index in [4.69, 9.17) is 13.9 Å². The van der Waals surface area contributed by atoms with Gasteiger partial charge in [-0.1, -0.05) is 24.3 Å². The van der Waals surface area contributed by atoms with Crippen LogP contribution in [0.4, 0.5) is 5.69 Å². The van der Waals surface area contributed by atoms with Crippen LogP contribution in [0.5, 0.6) is 17.2 Å². The second-order valence-corrected chi connectivity index (χ2v) is 10.8. The van der Waals surface area contributed by atoms with Crippen LogP contribution in [0.3, 0.4) is 0 Å². The van der Waals surface area contributed by atoms with E-state index in [1.54, 1.807) is 42.5 Å². The fourth-order valence-corrected chi connectivity index (χ4v) is 5.27. The number of carboxylic acids is 1. The summed E-state index contributed by atoms with van der Waals surface area (Å²) in [5.74, 6) is 0.899. The first-order valence-corrected chi connectivity index (χ1v) is 14.3. The largest absolute Gasteiger partial charge is 0.490 e. The maximum atomic E-state index is 12.5. The number of rotatable bonds is 10. The minimum Gasteiger partial charge on any atom is -0.490 e. The summed E-state index contributed by atoms with van der Waals surface area (Å²) in [6.45, 7) is 3.95. The SMILES string of the molecule is Cc1cc(OC2CCC(NC(=O)c3ccco3)CC2)cc(C)c1Oc1ccc(CC(=O)Nc2ccccc2C(=O)O)cc1. The van der Waals surface area contributed by atoms with Gasteiger partial charge in [-0.3, -0.25) is 9.59 Å². The van der Waals surface area contributed by atoms with E-state index in [0.29, 0.717) is 11.5 Å². The van der Waals surface area contributed by atoms with Gasteiger partial charge >= 0.3 is 5.97 Å². The number of nitrogens with one attached hydrogen (secondary N) is 2. The van der Waals surface area contributed by atoms with E-state index in [-0.39, 0.29) is 41.6 Å². The number of amides is 2. The molecule has 1 aliphatic rings. The summed E-state index contributed by atoms with van der Waals surface area (Å²) in [6, 6.07) is 21.0. The van der Waals surface area contributed by atoms with E-state index in [2.05, 4.69) is 10.6 Å². The van der Waals surface area contributed by atoms with Gasteiger partial charge in [0.1, 0.15) is 17.2 Å². The van der Waals surface area contributed by atoms with Crippen molar-refractivity contribution in [2.45, 2.75) is 58.1 Å². The average molecular weight is 583 g/mol. The number of carboxylic acid groups (broad SMARTS) is 1.